The average Bonchev–Trinajstić information content (AvgIpc) is 3.43. The molecule has 8 aromatic rings. The molecule has 0 aliphatic carbocycles. The summed E-state index contributed by atoms with van der Waals surface area (Å²) < 4.78 is 2.42. The Morgan fingerprint density at radius 1 is 0.523 bits per heavy atom. The lowest BCUT2D eigenvalue weighted by molar-refractivity contribution is 1.19. The molecule has 0 saturated heterocycles. The van der Waals surface area contributed by atoms with E-state index in [1.807, 2.05) is 0 Å². The van der Waals surface area contributed by atoms with Crippen molar-refractivity contribution < 1.29 is 0 Å². The Morgan fingerprint density at radius 3 is 1.86 bits per heavy atom. The molecule has 0 radical (unpaired) electrons. The normalized spacial score (nSPS) is 12.0. The van der Waals surface area contributed by atoms with Crippen molar-refractivity contribution in [1.82, 2.24) is 4.57 Å². The van der Waals surface area contributed by atoms with E-state index in [0.717, 1.165) is 22.4 Å². The van der Waals surface area contributed by atoms with Gasteiger partial charge in [-0.25, -0.2) is 0 Å². The van der Waals surface area contributed by atoms with Gasteiger partial charge < -0.3 is 10.3 Å². The van der Waals surface area contributed by atoms with E-state index in [4.69, 9.17) is 5.73 Å². The third-order valence-electron chi connectivity index (χ3n) is 8.79. The van der Waals surface area contributed by atoms with Crippen LogP contribution in [0.25, 0.3) is 76.9 Å². The van der Waals surface area contributed by atoms with E-state index >= 15 is 0 Å². The molecule has 0 aliphatic heterocycles. The molecule has 0 spiro atoms. The first kappa shape index (κ1) is 25.8. The van der Waals surface area contributed by atoms with E-state index in [1.165, 1.54) is 60.0 Å². The smallest absolute Gasteiger partial charge is 0.0619 e. The van der Waals surface area contributed by atoms with Crippen molar-refractivity contribution in [1.29, 1.82) is 0 Å². The van der Waals surface area contributed by atoms with Gasteiger partial charge in [0.15, 0.2) is 0 Å². The molecule has 0 amide bonds. The highest BCUT2D eigenvalue weighted by Gasteiger charge is 2.16. The van der Waals surface area contributed by atoms with Crippen LogP contribution >= 0.6 is 0 Å². The predicted octanol–water partition coefficient (Wildman–Crippen LogP) is 10.9. The summed E-state index contributed by atoms with van der Waals surface area (Å²) in [7, 11) is 0. The van der Waals surface area contributed by atoms with Crippen LogP contribution in [0.1, 0.15) is 5.56 Å². The zero-order chi connectivity index (χ0) is 29.6. The van der Waals surface area contributed by atoms with Gasteiger partial charge in [-0.15, -0.1) is 0 Å². The number of para-hydroxylation sites is 1. The fraction of sp³-hybridized carbons (Fsp3) is 0. The Hall–Kier alpha value is -5.86. The molecule has 0 aliphatic rings. The molecule has 208 valence electrons. The van der Waals surface area contributed by atoms with Crippen LogP contribution in [0.2, 0.25) is 0 Å². The van der Waals surface area contributed by atoms with Gasteiger partial charge in [-0.2, -0.15) is 0 Å². The molecule has 0 fully saturated rings. The van der Waals surface area contributed by atoms with Crippen molar-refractivity contribution in [2.45, 2.75) is 0 Å². The third-order valence-corrected chi connectivity index (χ3v) is 8.79. The molecule has 0 unspecified atom stereocenters. The molecule has 1 heterocycles. The number of hydrogen-bond donors (Lipinski definition) is 1. The van der Waals surface area contributed by atoms with E-state index in [0.29, 0.717) is 0 Å². The maximum atomic E-state index is 5.80. The minimum atomic E-state index is 0.923. The minimum Gasteiger partial charge on any atom is -0.404 e. The first-order chi connectivity index (χ1) is 21.7. The lowest BCUT2D eigenvalue weighted by Gasteiger charge is -2.12. The monoisotopic (exact) mass is 562 g/mol. The Bertz CT molecular complexity index is 2390. The molecule has 7 aromatic carbocycles. The molecular formula is C42H30N2. The summed E-state index contributed by atoms with van der Waals surface area (Å²) in [6, 6.07) is 52.7. The van der Waals surface area contributed by atoms with Crippen molar-refractivity contribution in [3.8, 4) is 27.9 Å². The highest BCUT2D eigenvalue weighted by molar-refractivity contribution is 6.19. The van der Waals surface area contributed by atoms with E-state index in [1.54, 1.807) is 12.3 Å². The summed E-state index contributed by atoms with van der Waals surface area (Å²) in [5, 5.41) is 7.47. The van der Waals surface area contributed by atoms with Crippen LogP contribution in [0, 0.1) is 0 Å². The van der Waals surface area contributed by atoms with Crippen LogP contribution in [0.15, 0.2) is 164 Å². The second-order valence-corrected chi connectivity index (χ2v) is 11.3. The quantitative estimate of drug-likeness (QED) is 0.208. The standard InChI is InChI=1S/C42H30N2/c1-2-28(27-43)30-12-14-31(15-13-30)35-19-22-39-40-23-20-36-25-34(33-17-16-29-8-6-7-9-32(29)24-33)18-21-38(36)42(40)44(41(39)26-35)37-10-4-3-5-11-37/h2-27H,1,43H2/b28-27+. The number of hydrogen-bond acceptors (Lipinski definition) is 1. The molecule has 2 N–H and O–H groups in total. The first-order valence-electron chi connectivity index (χ1n) is 14.9. The van der Waals surface area contributed by atoms with Gasteiger partial charge in [-0.1, -0.05) is 128 Å². The van der Waals surface area contributed by atoms with Gasteiger partial charge in [-0.3, -0.25) is 0 Å². The number of nitrogens with zero attached hydrogens (tertiary/aromatic N) is 1. The van der Waals surface area contributed by atoms with Crippen LogP contribution in [0.4, 0.5) is 0 Å². The second-order valence-electron chi connectivity index (χ2n) is 11.3. The molecule has 2 nitrogen and oxygen atoms in total. The van der Waals surface area contributed by atoms with Gasteiger partial charge in [0.2, 0.25) is 0 Å². The van der Waals surface area contributed by atoms with Gasteiger partial charge in [0.05, 0.1) is 11.0 Å². The number of allylic oxidation sites excluding steroid dienone is 2. The van der Waals surface area contributed by atoms with E-state index in [-0.39, 0.29) is 0 Å². The number of fused-ring (bicyclic) bond motifs is 6. The van der Waals surface area contributed by atoms with Crippen LogP contribution in [0.3, 0.4) is 0 Å². The molecule has 2 heteroatoms. The Kier molecular flexibility index (Phi) is 6.13. The summed E-state index contributed by atoms with van der Waals surface area (Å²) in [6.07, 6.45) is 3.38. The minimum absolute atomic E-state index is 0.923. The van der Waals surface area contributed by atoms with Crippen LogP contribution in [-0.2, 0) is 0 Å². The lowest BCUT2D eigenvalue weighted by atomic mass is 9.97. The predicted molar refractivity (Wildman–Crippen MR) is 189 cm³/mol. The summed E-state index contributed by atoms with van der Waals surface area (Å²) in [5.41, 5.74) is 16.1. The van der Waals surface area contributed by atoms with Crippen molar-refractivity contribution in [3.63, 3.8) is 0 Å². The highest BCUT2D eigenvalue weighted by Crippen LogP contribution is 2.39. The maximum absolute atomic E-state index is 5.80. The van der Waals surface area contributed by atoms with Crippen LogP contribution in [0.5, 0.6) is 0 Å². The molecule has 44 heavy (non-hydrogen) atoms. The lowest BCUT2D eigenvalue weighted by Crippen LogP contribution is -1.94. The van der Waals surface area contributed by atoms with Crippen molar-refractivity contribution in [2.75, 3.05) is 0 Å². The van der Waals surface area contributed by atoms with E-state index in [2.05, 4.69) is 157 Å². The number of benzene rings is 7. The second kappa shape index (κ2) is 10.4. The van der Waals surface area contributed by atoms with Crippen LogP contribution in [-0.4, -0.2) is 4.57 Å². The molecule has 0 atom stereocenters. The number of rotatable bonds is 5. The Balaban J connectivity index is 1.33. The van der Waals surface area contributed by atoms with Gasteiger partial charge in [0.25, 0.3) is 0 Å². The summed E-state index contributed by atoms with van der Waals surface area (Å²) in [6.45, 7) is 3.88. The fourth-order valence-electron chi connectivity index (χ4n) is 6.55. The number of aromatic nitrogens is 1. The van der Waals surface area contributed by atoms with Gasteiger partial charge >= 0.3 is 0 Å². The topological polar surface area (TPSA) is 30.9 Å². The van der Waals surface area contributed by atoms with Gasteiger partial charge in [0.1, 0.15) is 0 Å². The first-order valence-corrected chi connectivity index (χ1v) is 14.9. The number of nitrogens with two attached hydrogens (primary N) is 1. The average molecular weight is 563 g/mol. The Labute approximate surface area is 256 Å². The Morgan fingerprint density at radius 2 is 1.11 bits per heavy atom. The molecule has 0 saturated carbocycles. The highest BCUT2D eigenvalue weighted by atomic mass is 15.0. The summed E-state index contributed by atoms with van der Waals surface area (Å²) >= 11 is 0. The largest absolute Gasteiger partial charge is 0.404 e. The van der Waals surface area contributed by atoms with Crippen molar-refractivity contribution in [2.24, 2.45) is 5.73 Å². The van der Waals surface area contributed by atoms with Gasteiger partial charge in [0, 0.05) is 28.0 Å². The molecule has 1 aromatic heterocycles. The molecule has 8 rings (SSSR count). The summed E-state index contributed by atoms with van der Waals surface area (Å²) in [5.74, 6) is 0. The zero-order valence-electron chi connectivity index (χ0n) is 24.2. The van der Waals surface area contributed by atoms with E-state index < -0.39 is 0 Å². The van der Waals surface area contributed by atoms with E-state index in [9.17, 15) is 0 Å². The summed E-state index contributed by atoms with van der Waals surface area (Å²) in [4.78, 5) is 0. The van der Waals surface area contributed by atoms with Gasteiger partial charge in [-0.05, 0) is 79.9 Å². The maximum Gasteiger partial charge on any atom is 0.0619 e. The fourth-order valence-corrected chi connectivity index (χ4v) is 6.55. The molecule has 0 bridgehead atoms. The van der Waals surface area contributed by atoms with Crippen LogP contribution < -0.4 is 5.73 Å². The molecular weight excluding hydrogens is 532 g/mol. The van der Waals surface area contributed by atoms with Crippen molar-refractivity contribution >= 4 is 48.9 Å². The van der Waals surface area contributed by atoms with Crippen molar-refractivity contribution in [3.05, 3.63) is 170 Å². The third kappa shape index (κ3) is 4.20. The SMILES string of the molecule is C=C/C(=C\N)c1ccc(-c2ccc3c4ccc5cc(-c6ccc7ccccc7c6)ccc5c4n(-c4ccccc4)c3c2)cc1. The zero-order valence-corrected chi connectivity index (χ0v) is 24.2.